The molecule has 0 fully saturated rings. The van der Waals surface area contributed by atoms with Crippen LogP contribution >= 0.6 is 22.9 Å². The molecular formula is C24H20ClNOS. The fourth-order valence-electron chi connectivity index (χ4n) is 3.26. The summed E-state index contributed by atoms with van der Waals surface area (Å²) in [5.41, 5.74) is 3.36. The van der Waals surface area contributed by atoms with Crippen LogP contribution in [0.5, 0.6) is 0 Å². The Kier molecular flexibility index (Phi) is 5.47. The third-order valence-electron chi connectivity index (χ3n) is 4.70. The molecular weight excluding hydrogens is 386 g/mol. The lowest BCUT2D eigenvalue weighted by atomic mass is 10.1. The molecule has 4 rings (SSSR count). The van der Waals surface area contributed by atoms with Crippen LogP contribution in [0.3, 0.4) is 0 Å². The van der Waals surface area contributed by atoms with E-state index in [1.54, 1.807) is 0 Å². The third kappa shape index (κ3) is 3.96. The van der Waals surface area contributed by atoms with Gasteiger partial charge in [-0.1, -0.05) is 84.4 Å². The van der Waals surface area contributed by atoms with Gasteiger partial charge in [0.25, 0.3) is 5.91 Å². The van der Waals surface area contributed by atoms with E-state index in [4.69, 9.17) is 11.6 Å². The van der Waals surface area contributed by atoms with Gasteiger partial charge in [-0.2, -0.15) is 0 Å². The second-order valence-electron chi connectivity index (χ2n) is 6.88. The first-order chi connectivity index (χ1) is 13.6. The van der Waals surface area contributed by atoms with Crippen molar-refractivity contribution < 1.29 is 4.79 Å². The average Bonchev–Trinajstić information content (AvgIpc) is 3.04. The lowest BCUT2D eigenvalue weighted by molar-refractivity contribution is 0.0735. The predicted molar refractivity (Wildman–Crippen MR) is 118 cm³/mol. The number of hydrogen-bond donors (Lipinski definition) is 0. The molecule has 0 saturated carbocycles. The Morgan fingerprint density at radius 1 is 0.893 bits per heavy atom. The number of halogens is 1. The van der Waals surface area contributed by atoms with Crippen molar-refractivity contribution in [3.05, 3.63) is 105 Å². The molecule has 0 N–H and O–H groups in total. The van der Waals surface area contributed by atoms with Gasteiger partial charge in [-0.15, -0.1) is 11.3 Å². The summed E-state index contributed by atoms with van der Waals surface area (Å²) in [6.07, 6.45) is 0. The number of benzene rings is 3. The van der Waals surface area contributed by atoms with Crippen molar-refractivity contribution in [1.82, 2.24) is 4.90 Å². The molecule has 4 aromatic rings. The summed E-state index contributed by atoms with van der Waals surface area (Å²) >= 11 is 8.09. The van der Waals surface area contributed by atoms with E-state index in [1.165, 1.54) is 11.3 Å². The molecule has 1 amide bonds. The molecule has 0 aliphatic carbocycles. The van der Waals surface area contributed by atoms with Crippen molar-refractivity contribution in [2.45, 2.75) is 20.0 Å². The van der Waals surface area contributed by atoms with Gasteiger partial charge in [0.05, 0.1) is 5.02 Å². The number of fused-ring (bicyclic) bond motifs is 1. The number of hydrogen-bond acceptors (Lipinski definition) is 2. The molecule has 0 bridgehead atoms. The number of rotatable bonds is 5. The van der Waals surface area contributed by atoms with Crippen LogP contribution in [0.2, 0.25) is 5.02 Å². The SMILES string of the molecule is Cc1ccc2c(Cl)c(C(=O)N(Cc3ccccc3)Cc3ccccc3)sc2c1. The van der Waals surface area contributed by atoms with Gasteiger partial charge in [0.15, 0.2) is 0 Å². The van der Waals surface area contributed by atoms with Crippen LogP contribution in [0.1, 0.15) is 26.4 Å². The molecule has 2 nitrogen and oxygen atoms in total. The van der Waals surface area contributed by atoms with Gasteiger partial charge in [-0.3, -0.25) is 4.79 Å². The Bertz CT molecular complexity index is 1060. The van der Waals surface area contributed by atoms with Crippen LogP contribution in [-0.2, 0) is 13.1 Å². The number of carbonyl (C=O) groups excluding carboxylic acids is 1. The molecule has 0 radical (unpaired) electrons. The molecule has 0 spiro atoms. The van der Waals surface area contributed by atoms with E-state index in [0.29, 0.717) is 23.0 Å². The maximum absolute atomic E-state index is 13.5. The Morgan fingerprint density at radius 3 is 2.04 bits per heavy atom. The number of amides is 1. The van der Waals surface area contributed by atoms with Crippen LogP contribution in [0.25, 0.3) is 10.1 Å². The van der Waals surface area contributed by atoms with E-state index >= 15 is 0 Å². The molecule has 1 heterocycles. The lowest BCUT2D eigenvalue weighted by Gasteiger charge is -2.23. The standard InChI is InChI=1S/C24H20ClNOS/c1-17-12-13-20-21(14-17)28-23(22(20)25)24(27)26(15-18-8-4-2-5-9-18)16-19-10-6-3-7-11-19/h2-14H,15-16H2,1H3. The van der Waals surface area contributed by atoms with Gasteiger partial charge < -0.3 is 4.90 Å². The molecule has 0 unspecified atom stereocenters. The average molecular weight is 406 g/mol. The summed E-state index contributed by atoms with van der Waals surface area (Å²) in [6, 6.07) is 26.2. The summed E-state index contributed by atoms with van der Waals surface area (Å²) in [4.78, 5) is 16.0. The second-order valence-corrected chi connectivity index (χ2v) is 8.31. The van der Waals surface area contributed by atoms with Crippen LogP contribution < -0.4 is 0 Å². The second kappa shape index (κ2) is 8.17. The fourth-order valence-corrected chi connectivity index (χ4v) is 4.84. The summed E-state index contributed by atoms with van der Waals surface area (Å²) in [6.45, 7) is 3.13. The minimum Gasteiger partial charge on any atom is -0.329 e. The van der Waals surface area contributed by atoms with Crippen LogP contribution in [0, 0.1) is 6.92 Å². The molecule has 1 aromatic heterocycles. The molecule has 3 aromatic carbocycles. The molecule has 140 valence electrons. The highest BCUT2D eigenvalue weighted by Crippen LogP contribution is 2.37. The molecule has 0 saturated heterocycles. The number of carbonyl (C=O) groups is 1. The Morgan fingerprint density at radius 2 is 1.46 bits per heavy atom. The molecule has 0 aliphatic heterocycles. The Balaban J connectivity index is 1.70. The highest BCUT2D eigenvalue weighted by Gasteiger charge is 2.23. The summed E-state index contributed by atoms with van der Waals surface area (Å²) in [5, 5.41) is 1.50. The van der Waals surface area contributed by atoms with Gasteiger partial charge in [0.2, 0.25) is 0 Å². The normalized spacial score (nSPS) is 10.9. The van der Waals surface area contributed by atoms with Gasteiger partial charge >= 0.3 is 0 Å². The van der Waals surface area contributed by atoms with E-state index in [9.17, 15) is 4.79 Å². The van der Waals surface area contributed by atoms with Crippen molar-refractivity contribution in [2.75, 3.05) is 0 Å². The minimum absolute atomic E-state index is 0.0310. The van der Waals surface area contributed by atoms with Gasteiger partial charge in [-0.05, 0) is 29.7 Å². The highest BCUT2D eigenvalue weighted by atomic mass is 35.5. The van der Waals surface area contributed by atoms with E-state index in [2.05, 4.69) is 6.07 Å². The van der Waals surface area contributed by atoms with Gasteiger partial charge in [0.1, 0.15) is 4.88 Å². The first-order valence-corrected chi connectivity index (χ1v) is 10.4. The van der Waals surface area contributed by atoms with Gasteiger partial charge in [0, 0.05) is 23.2 Å². The van der Waals surface area contributed by atoms with Gasteiger partial charge in [-0.25, -0.2) is 0 Å². The summed E-state index contributed by atoms with van der Waals surface area (Å²) in [5.74, 6) is -0.0310. The van der Waals surface area contributed by atoms with E-state index in [1.807, 2.05) is 84.6 Å². The summed E-state index contributed by atoms with van der Waals surface area (Å²) in [7, 11) is 0. The maximum Gasteiger partial charge on any atom is 0.266 e. The largest absolute Gasteiger partial charge is 0.329 e. The quantitative estimate of drug-likeness (QED) is 0.361. The molecule has 28 heavy (non-hydrogen) atoms. The zero-order chi connectivity index (χ0) is 19.5. The van der Waals surface area contributed by atoms with Crippen molar-refractivity contribution in [2.24, 2.45) is 0 Å². The lowest BCUT2D eigenvalue weighted by Crippen LogP contribution is -2.29. The van der Waals surface area contributed by atoms with Crippen LogP contribution in [-0.4, -0.2) is 10.8 Å². The zero-order valence-electron chi connectivity index (χ0n) is 15.6. The van der Waals surface area contributed by atoms with E-state index in [-0.39, 0.29) is 5.91 Å². The fraction of sp³-hybridized carbons (Fsp3) is 0.125. The molecule has 0 atom stereocenters. The van der Waals surface area contributed by atoms with Crippen molar-refractivity contribution in [3.8, 4) is 0 Å². The molecule has 0 aliphatic rings. The number of aryl methyl sites for hydroxylation is 1. The number of nitrogens with zero attached hydrogens (tertiary/aromatic N) is 1. The smallest absolute Gasteiger partial charge is 0.266 e. The number of thiophene rings is 1. The minimum atomic E-state index is -0.0310. The Hall–Kier alpha value is -2.62. The predicted octanol–water partition coefficient (Wildman–Crippen LogP) is 6.71. The first kappa shape index (κ1) is 18.7. The van der Waals surface area contributed by atoms with Crippen LogP contribution in [0.4, 0.5) is 0 Å². The Labute approximate surface area is 174 Å². The molecule has 4 heteroatoms. The third-order valence-corrected chi connectivity index (χ3v) is 6.34. The van der Waals surface area contributed by atoms with Crippen molar-refractivity contribution >= 4 is 38.9 Å². The van der Waals surface area contributed by atoms with Crippen molar-refractivity contribution in [3.63, 3.8) is 0 Å². The van der Waals surface area contributed by atoms with E-state index < -0.39 is 0 Å². The first-order valence-electron chi connectivity index (χ1n) is 9.17. The zero-order valence-corrected chi connectivity index (χ0v) is 17.1. The van der Waals surface area contributed by atoms with Crippen LogP contribution in [0.15, 0.2) is 78.9 Å². The maximum atomic E-state index is 13.5. The van der Waals surface area contributed by atoms with E-state index in [0.717, 1.165) is 26.8 Å². The van der Waals surface area contributed by atoms with Crippen molar-refractivity contribution in [1.29, 1.82) is 0 Å². The topological polar surface area (TPSA) is 20.3 Å². The highest BCUT2D eigenvalue weighted by molar-refractivity contribution is 7.21. The monoisotopic (exact) mass is 405 g/mol. The summed E-state index contributed by atoms with van der Waals surface area (Å²) < 4.78 is 1.05.